The molecular weight excluding hydrogens is 332 g/mol. The van der Waals surface area contributed by atoms with Crippen LogP contribution in [-0.4, -0.2) is 0 Å². The summed E-state index contributed by atoms with van der Waals surface area (Å²) < 4.78 is 1.15. The Morgan fingerprint density at radius 2 is 1.36 bits per heavy atom. The fourth-order valence-electron chi connectivity index (χ4n) is 2.84. The van der Waals surface area contributed by atoms with Crippen molar-refractivity contribution in [2.24, 2.45) is 0 Å². The van der Waals surface area contributed by atoms with Crippen molar-refractivity contribution < 1.29 is 0 Å². The molecule has 110 valence electrons. The van der Waals surface area contributed by atoms with Crippen molar-refractivity contribution in [2.75, 3.05) is 0 Å². The van der Waals surface area contributed by atoms with Crippen molar-refractivity contribution in [3.05, 3.63) is 81.8 Å². The zero-order valence-electron chi connectivity index (χ0n) is 13.2. The second-order valence-corrected chi connectivity index (χ2v) is 6.68. The highest BCUT2D eigenvalue weighted by atomic mass is 79.9. The average molecular weight is 351 g/mol. The maximum absolute atomic E-state index is 3.69. The van der Waals surface area contributed by atoms with Crippen LogP contribution in [0, 0.1) is 20.8 Å². The molecule has 0 unspecified atom stereocenters. The Bertz CT molecular complexity index is 794. The van der Waals surface area contributed by atoms with Gasteiger partial charge < -0.3 is 0 Å². The molecule has 0 saturated carbocycles. The van der Waals surface area contributed by atoms with Crippen LogP contribution < -0.4 is 0 Å². The van der Waals surface area contributed by atoms with E-state index in [2.05, 4.69) is 97.4 Å². The van der Waals surface area contributed by atoms with Gasteiger partial charge in [-0.25, -0.2) is 0 Å². The molecule has 3 rings (SSSR count). The van der Waals surface area contributed by atoms with E-state index in [9.17, 15) is 0 Å². The third kappa shape index (κ3) is 2.86. The van der Waals surface area contributed by atoms with Crippen LogP contribution >= 0.6 is 15.9 Å². The summed E-state index contributed by atoms with van der Waals surface area (Å²) in [6.07, 6.45) is 0. The Hall–Kier alpha value is -1.86. The molecule has 0 amide bonds. The fourth-order valence-corrected chi connectivity index (χ4v) is 3.52. The van der Waals surface area contributed by atoms with Crippen LogP contribution in [0.4, 0.5) is 0 Å². The number of benzene rings is 3. The van der Waals surface area contributed by atoms with E-state index in [1.165, 1.54) is 38.9 Å². The van der Waals surface area contributed by atoms with E-state index in [4.69, 9.17) is 0 Å². The van der Waals surface area contributed by atoms with Gasteiger partial charge in [-0.15, -0.1) is 0 Å². The van der Waals surface area contributed by atoms with Crippen molar-refractivity contribution in [1.82, 2.24) is 0 Å². The van der Waals surface area contributed by atoms with E-state index >= 15 is 0 Å². The molecule has 0 radical (unpaired) electrons. The molecule has 0 atom stereocenters. The number of aryl methyl sites for hydroxylation is 3. The van der Waals surface area contributed by atoms with Crippen LogP contribution in [0.5, 0.6) is 0 Å². The van der Waals surface area contributed by atoms with Gasteiger partial charge >= 0.3 is 0 Å². The first-order chi connectivity index (χ1) is 10.6. The van der Waals surface area contributed by atoms with Crippen LogP contribution in [0.15, 0.2) is 65.1 Å². The molecular formula is C21H19Br. The SMILES string of the molecule is Cc1ccc(-c2ccc(-c3c(C)cccc3Br)c(C)c2)cc1. The van der Waals surface area contributed by atoms with Gasteiger partial charge in [-0.05, 0) is 60.2 Å². The summed E-state index contributed by atoms with van der Waals surface area (Å²) in [6.45, 7) is 6.47. The molecule has 3 aromatic rings. The van der Waals surface area contributed by atoms with Crippen LogP contribution in [0.1, 0.15) is 16.7 Å². The monoisotopic (exact) mass is 350 g/mol. The summed E-state index contributed by atoms with van der Waals surface area (Å²) in [5.74, 6) is 0. The van der Waals surface area contributed by atoms with Gasteiger partial charge in [0.15, 0.2) is 0 Å². The third-order valence-corrected chi connectivity index (χ3v) is 4.76. The Labute approximate surface area is 141 Å². The highest BCUT2D eigenvalue weighted by Gasteiger charge is 2.10. The van der Waals surface area contributed by atoms with Crippen molar-refractivity contribution in [2.45, 2.75) is 20.8 Å². The van der Waals surface area contributed by atoms with Gasteiger partial charge in [0.2, 0.25) is 0 Å². The predicted octanol–water partition coefficient (Wildman–Crippen LogP) is 6.71. The highest BCUT2D eigenvalue weighted by molar-refractivity contribution is 9.10. The van der Waals surface area contributed by atoms with Gasteiger partial charge in [-0.1, -0.05) is 76.1 Å². The smallest absolute Gasteiger partial charge is 0.0256 e. The normalized spacial score (nSPS) is 10.7. The molecule has 0 aliphatic rings. The van der Waals surface area contributed by atoms with Gasteiger partial charge in [-0.2, -0.15) is 0 Å². The van der Waals surface area contributed by atoms with E-state index in [0.717, 1.165) is 4.47 Å². The molecule has 0 bridgehead atoms. The van der Waals surface area contributed by atoms with E-state index < -0.39 is 0 Å². The van der Waals surface area contributed by atoms with Gasteiger partial charge in [0, 0.05) is 4.47 Å². The van der Waals surface area contributed by atoms with Gasteiger partial charge in [-0.3, -0.25) is 0 Å². The molecule has 0 aliphatic heterocycles. The van der Waals surface area contributed by atoms with E-state index in [0.29, 0.717) is 0 Å². The first kappa shape index (κ1) is 15.1. The van der Waals surface area contributed by atoms with Crippen LogP contribution in [0.2, 0.25) is 0 Å². The van der Waals surface area contributed by atoms with Crippen LogP contribution in [-0.2, 0) is 0 Å². The summed E-state index contributed by atoms with van der Waals surface area (Å²) in [7, 11) is 0. The molecule has 22 heavy (non-hydrogen) atoms. The molecule has 0 saturated heterocycles. The zero-order chi connectivity index (χ0) is 15.7. The molecule has 1 heteroatoms. The quantitative estimate of drug-likeness (QED) is 0.481. The van der Waals surface area contributed by atoms with E-state index in [-0.39, 0.29) is 0 Å². The minimum atomic E-state index is 1.15. The Balaban J connectivity index is 2.08. The lowest BCUT2D eigenvalue weighted by Crippen LogP contribution is -1.90. The Kier molecular flexibility index (Phi) is 4.17. The highest BCUT2D eigenvalue weighted by Crippen LogP contribution is 2.35. The Morgan fingerprint density at radius 1 is 0.682 bits per heavy atom. The number of hydrogen-bond acceptors (Lipinski definition) is 0. The zero-order valence-corrected chi connectivity index (χ0v) is 14.7. The summed E-state index contributed by atoms with van der Waals surface area (Å²) in [5, 5.41) is 0. The second-order valence-electron chi connectivity index (χ2n) is 5.83. The van der Waals surface area contributed by atoms with Crippen molar-refractivity contribution in [3.8, 4) is 22.3 Å². The van der Waals surface area contributed by atoms with E-state index in [1.54, 1.807) is 0 Å². The number of hydrogen-bond donors (Lipinski definition) is 0. The van der Waals surface area contributed by atoms with Crippen molar-refractivity contribution in [1.29, 1.82) is 0 Å². The fraction of sp³-hybridized carbons (Fsp3) is 0.143. The standard InChI is InChI=1S/C21H19Br/c1-14-7-9-17(10-8-14)18-11-12-19(16(3)13-18)21-15(2)5-4-6-20(21)22/h4-13H,1-3H3. The summed E-state index contributed by atoms with van der Waals surface area (Å²) in [6, 6.07) is 21.8. The maximum Gasteiger partial charge on any atom is 0.0256 e. The lowest BCUT2D eigenvalue weighted by Gasteiger charge is -2.13. The van der Waals surface area contributed by atoms with Crippen molar-refractivity contribution in [3.63, 3.8) is 0 Å². The third-order valence-electron chi connectivity index (χ3n) is 4.10. The molecule has 0 fully saturated rings. The summed E-state index contributed by atoms with van der Waals surface area (Å²) in [4.78, 5) is 0. The summed E-state index contributed by atoms with van der Waals surface area (Å²) in [5.41, 5.74) is 9.00. The molecule has 0 nitrogen and oxygen atoms in total. The largest absolute Gasteiger partial charge is 0.0608 e. The number of halogens is 1. The Morgan fingerprint density at radius 3 is 2.00 bits per heavy atom. The molecule has 0 aliphatic carbocycles. The molecule has 0 aromatic heterocycles. The topological polar surface area (TPSA) is 0 Å². The second kappa shape index (κ2) is 6.10. The lowest BCUT2D eigenvalue weighted by atomic mass is 9.93. The van der Waals surface area contributed by atoms with Gasteiger partial charge in [0.05, 0.1) is 0 Å². The maximum atomic E-state index is 3.69. The molecule has 0 heterocycles. The molecule has 0 N–H and O–H groups in total. The first-order valence-electron chi connectivity index (χ1n) is 7.49. The predicted molar refractivity (Wildman–Crippen MR) is 99.2 cm³/mol. The minimum Gasteiger partial charge on any atom is -0.0608 e. The first-order valence-corrected chi connectivity index (χ1v) is 8.29. The van der Waals surface area contributed by atoms with E-state index in [1.807, 2.05) is 0 Å². The minimum absolute atomic E-state index is 1.15. The average Bonchev–Trinajstić information content (AvgIpc) is 2.49. The summed E-state index contributed by atoms with van der Waals surface area (Å²) >= 11 is 3.69. The van der Waals surface area contributed by atoms with Gasteiger partial charge in [0.1, 0.15) is 0 Å². The van der Waals surface area contributed by atoms with Crippen molar-refractivity contribution >= 4 is 15.9 Å². The number of rotatable bonds is 2. The molecule has 0 spiro atoms. The molecule has 3 aromatic carbocycles. The van der Waals surface area contributed by atoms with Crippen LogP contribution in [0.3, 0.4) is 0 Å². The lowest BCUT2D eigenvalue weighted by molar-refractivity contribution is 1.39. The van der Waals surface area contributed by atoms with Gasteiger partial charge in [0.25, 0.3) is 0 Å². The van der Waals surface area contributed by atoms with Crippen LogP contribution in [0.25, 0.3) is 22.3 Å².